The second-order valence-corrected chi connectivity index (χ2v) is 6.79. The van der Waals surface area contributed by atoms with E-state index in [2.05, 4.69) is 28.2 Å². The molecule has 1 saturated carbocycles. The molecule has 0 aliphatic heterocycles. The summed E-state index contributed by atoms with van der Waals surface area (Å²) in [6.45, 7) is 3.12. The number of hydrogen-bond acceptors (Lipinski definition) is 1. The van der Waals surface area contributed by atoms with Crippen LogP contribution in [0.5, 0.6) is 0 Å². The summed E-state index contributed by atoms with van der Waals surface area (Å²) < 4.78 is 14.4. The minimum absolute atomic E-state index is 0.142. The lowest BCUT2D eigenvalue weighted by atomic mass is 9.83. The molecule has 0 bridgehead atoms. The van der Waals surface area contributed by atoms with E-state index in [1.165, 1.54) is 44.6 Å². The molecule has 1 aliphatic rings. The molecule has 3 heteroatoms. The molecule has 1 atom stereocenters. The van der Waals surface area contributed by atoms with Crippen molar-refractivity contribution in [1.29, 1.82) is 0 Å². The predicted molar refractivity (Wildman–Crippen MR) is 86.5 cm³/mol. The van der Waals surface area contributed by atoms with Gasteiger partial charge in [-0.2, -0.15) is 0 Å². The maximum absolute atomic E-state index is 13.4. The fourth-order valence-electron chi connectivity index (χ4n) is 3.32. The minimum atomic E-state index is -0.142. The Bertz CT molecular complexity index is 415. The van der Waals surface area contributed by atoms with E-state index in [9.17, 15) is 4.39 Å². The van der Waals surface area contributed by atoms with E-state index in [-0.39, 0.29) is 5.82 Å². The second kappa shape index (κ2) is 8.14. The SMILES string of the molecule is CCNC(Cc1cc(F)ccc1Br)CC1CCCCC1. The Balaban J connectivity index is 1.98. The zero-order valence-electron chi connectivity index (χ0n) is 12.3. The highest BCUT2D eigenvalue weighted by Gasteiger charge is 2.19. The van der Waals surface area contributed by atoms with Crippen molar-refractivity contribution in [2.45, 2.75) is 57.9 Å². The molecule has 0 spiro atoms. The van der Waals surface area contributed by atoms with Crippen LogP contribution in [0, 0.1) is 11.7 Å². The van der Waals surface area contributed by atoms with Crippen molar-refractivity contribution in [3.8, 4) is 0 Å². The lowest BCUT2D eigenvalue weighted by Crippen LogP contribution is -2.33. The van der Waals surface area contributed by atoms with Crippen LogP contribution in [0.1, 0.15) is 51.0 Å². The van der Waals surface area contributed by atoms with Crippen molar-refractivity contribution in [1.82, 2.24) is 5.32 Å². The van der Waals surface area contributed by atoms with E-state index in [0.717, 1.165) is 28.9 Å². The van der Waals surface area contributed by atoms with Gasteiger partial charge in [-0.05, 0) is 49.1 Å². The van der Waals surface area contributed by atoms with Gasteiger partial charge in [0.05, 0.1) is 0 Å². The molecule has 0 aromatic heterocycles. The molecule has 1 fully saturated rings. The maximum atomic E-state index is 13.4. The van der Waals surface area contributed by atoms with Crippen LogP contribution in [0.3, 0.4) is 0 Å². The highest BCUT2D eigenvalue weighted by Crippen LogP contribution is 2.29. The molecule has 0 amide bonds. The molecule has 1 aromatic rings. The lowest BCUT2D eigenvalue weighted by molar-refractivity contribution is 0.298. The van der Waals surface area contributed by atoms with Gasteiger partial charge in [0.2, 0.25) is 0 Å². The highest BCUT2D eigenvalue weighted by atomic mass is 79.9. The molecule has 112 valence electrons. The number of likely N-dealkylation sites (N-methyl/N-ethyl adjacent to an activating group) is 1. The van der Waals surface area contributed by atoms with Gasteiger partial charge in [0.25, 0.3) is 0 Å². The fraction of sp³-hybridized carbons (Fsp3) is 0.647. The Labute approximate surface area is 130 Å². The second-order valence-electron chi connectivity index (χ2n) is 5.93. The van der Waals surface area contributed by atoms with Gasteiger partial charge < -0.3 is 5.32 Å². The van der Waals surface area contributed by atoms with E-state index in [1.54, 1.807) is 6.07 Å². The van der Waals surface area contributed by atoms with Gasteiger partial charge in [-0.15, -0.1) is 0 Å². The van der Waals surface area contributed by atoms with E-state index in [1.807, 2.05) is 6.07 Å². The highest BCUT2D eigenvalue weighted by molar-refractivity contribution is 9.10. The quantitative estimate of drug-likeness (QED) is 0.760. The molecule has 1 aromatic carbocycles. The summed E-state index contributed by atoms with van der Waals surface area (Å²) >= 11 is 3.54. The van der Waals surface area contributed by atoms with Gasteiger partial charge in [0.15, 0.2) is 0 Å². The Kier molecular flexibility index (Phi) is 6.50. The van der Waals surface area contributed by atoms with E-state index in [0.29, 0.717) is 6.04 Å². The number of benzene rings is 1. The first-order valence-corrected chi connectivity index (χ1v) is 8.65. The van der Waals surface area contributed by atoms with Gasteiger partial charge >= 0.3 is 0 Å². The Morgan fingerprint density at radius 1 is 1.30 bits per heavy atom. The van der Waals surface area contributed by atoms with Crippen LogP contribution in [-0.2, 0) is 6.42 Å². The number of nitrogens with one attached hydrogen (secondary N) is 1. The molecular weight excluding hydrogens is 317 g/mol. The molecule has 0 radical (unpaired) electrons. The Morgan fingerprint density at radius 3 is 2.75 bits per heavy atom. The summed E-state index contributed by atoms with van der Waals surface area (Å²) in [5.74, 6) is 0.705. The van der Waals surface area contributed by atoms with Crippen molar-refractivity contribution in [3.63, 3.8) is 0 Å². The predicted octanol–water partition coefficient (Wildman–Crippen LogP) is 5.08. The average Bonchev–Trinajstić information content (AvgIpc) is 2.44. The summed E-state index contributed by atoms with van der Waals surface area (Å²) in [7, 11) is 0. The third kappa shape index (κ3) is 4.85. The van der Waals surface area contributed by atoms with Crippen LogP contribution < -0.4 is 5.32 Å². The topological polar surface area (TPSA) is 12.0 Å². The Hall–Kier alpha value is -0.410. The van der Waals surface area contributed by atoms with Crippen molar-refractivity contribution < 1.29 is 4.39 Å². The molecule has 1 unspecified atom stereocenters. The first-order valence-electron chi connectivity index (χ1n) is 7.86. The lowest BCUT2D eigenvalue weighted by Gasteiger charge is -2.27. The monoisotopic (exact) mass is 341 g/mol. The molecular formula is C17H25BrFN. The summed E-state index contributed by atoms with van der Waals surface area (Å²) in [6, 6.07) is 5.45. The fourth-order valence-corrected chi connectivity index (χ4v) is 3.73. The van der Waals surface area contributed by atoms with E-state index < -0.39 is 0 Å². The van der Waals surface area contributed by atoms with Crippen molar-refractivity contribution in [2.24, 2.45) is 5.92 Å². The standard InChI is InChI=1S/C17H25BrFN/c1-2-20-16(10-13-6-4-3-5-7-13)12-14-11-15(19)8-9-17(14)18/h8-9,11,13,16,20H,2-7,10,12H2,1H3. The first kappa shape index (κ1) is 16.0. The number of rotatable bonds is 6. The van der Waals surface area contributed by atoms with E-state index >= 15 is 0 Å². The third-order valence-electron chi connectivity index (χ3n) is 4.31. The number of hydrogen-bond donors (Lipinski definition) is 1. The minimum Gasteiger partial charge on any atom is -0.314 e. The van der Waals surface area contributed by atoms with Gasteiger partial charge in [-0.25, -0.2) is 4.39 Å². The van der Waals surface area contributed by atoms with Crippen LogP contribution in [-0.4, -0.2) is 12.6 Å². The van der Waals surface area contributed by atoms with Crippen molar-refractivity contribution in [3.05, 3.63) is 34.1 Å². The zero-order chi connectivity index (χ0) is 14.4. The van der Waals surface area contributed by atoms with E-state index in [4.69, 9.17) is 0 Å². The van der Waals surface area contributed by atoms with Gasteiger partial charge in [-0.3, -0.25) is 0 Å². The summed E-state index contributed by atoms with van der Waals surface area (Å²) in [5, 5.41) is 3.58. The van der Waals surface area contributed by atoms with Crippen LogP contribution in [0.25, 0.3) is 0 Å². The molecule has 1 nitrogen and oxygen atoms in total. The molecule has 0 saturated heterocycles. The van der Waals surface area contributed by atoms with Gasteiger partial charge in [0.1, 0.15) is 5.82 Å². The summed E-state index contributed by atoms with van der Waals surface area (Å²) in [6.07, 6.45) is 9.02. The van der Waals surface area contributed by atoms with Crippen molar-refractivity contribution in [2.75, 3.05) is 6.54 Å². The Morgan fingerprint density at radius 2 is 2.05 bits per heavy atom. The van der Waals surface area contributed by atoms with Crippen LogP contribution >= 0.6 is 15.9 Å². The smallest absolute Gasteiger partial charge is 0.123 e. The first-order chi connectivity index (χ1) is 9.69. The van der Waals surface area contributed by atoms with Gasteiger partial charge in [0, 0.05) is 10.5 Å². The average molecular weight is 342 g/mol. The molecule has 2 rings (SSSR count). The summed E-state index contributed by atoms with van der Waals surface area (Å²) in [4.78, 5) is 0. The molecule has 20 heavy (non-hydrogen) atoms. The van der Waals surface area contributed by atoms with Crippen LogP contribution in [0.4, 0.5) is 4.39 Å². The normalized spacial score (nSPS) is 18.1. The zero-order valence-corrected chi connectivity index (χ0v) is 13.9. The molecule has 1 N–H and O–H groups in total. The number of halogens is 2. The maximum Gasteiger partial charge on any atom is 0.123 e. The van der Waals surface area contributed by atoms with Crippen molar-refractivity contribution >= 4 is 15.9 Å². The third-order valence-corrected chi connectivity index (χ3v) is 5.08. The largest absolute Gasteiger partial charge is 0.314 e. The molecule has 1 aliphatic carbocycles. The molecule has 0 heterocycles. The van der Waals surface area contributed by atoms with Crippen LogP contribution in [0.2, 0.25) is 0 Å². The van der Waals surface area contributed by atoms with Crippen LogP contribution in [0.15, 0.2) is 22.7 Å². The van der Waals surface area contributed by atoms with Gasteiger partial charge in [-0.1, -0.05) is 55.0 Å². The summed E-state index contributed by atoms with van der Waals surface area (Å²) in [5.41, 5.74) is 1.08.